The van der Waals surface area contributed by atoms with E-state index in [4.69, 9.17) is 5.26 Å². The van der Waals surface area contributed by atoms with E-state index in [0.29, 0.717) is 0 Å². The average molecular weight is 345 g/mol. The van der Waals surface area contributed by atoms with E-state index >= 15 is 0 Å². The van der Waals surface area contributed by atoms with Gasteiger partial charge in [-0.3, -0.25) is 10.1 Å². The van der Waals surface area contributed by atoms with E-state index in [1.165, 1.54) is 11.8 Å². The van der Waals surface area contributed by atoms with Crippen LogP contribution in [0.3, 0.4) is 0 Å². The fourth-order valence-corrected chi connectivity index (χ4v) is 3.93. The Morgan fingerprint density at radius 2 is 2.18 bits per heavy atom. The van der Waals surface area contributed by atoms with Gasteiger partial charge in [0, 0.05) is 23.4 Å². The number of aliphatic hydroxyl groups is 1. The summed E-state index contributed by atoms with van der Waals surface area (Å²) in [6, 6.07) is 4.10. The van der Waals surface area contributed by atoms with Crippen LogP contribution in [0.15, 0.2) is 23.1 Å². The molecule has 0 saturated heterocycles. The van der Waals surface area contributed by atoms with Gasteiger partial charge in [-0.05, 0) is 19.2 Å². The van der Waals surface area contributed by atoms with Gasteiger partial charge in [-0.1, -0.05) is 0 Å². The molecule has 0 aliphatic rings. The van der Waals surface area contributed by atoms with Gasteiger partial charge in [0.15, 0.2) is 0 Å². The lowest BCUT2D eigenvalue weighted by molar-refractivity contribution is -0.385. The van der Waals surface area contributed by atoms with Crippen molar-refractivity contribution in [3.8, 4) is 6.07 Å². The van der Waals surface area contributed by atoms with Crippen molar-refractivity contribution in [2.75, 3.05) is 12.9 Å². The van der Waals surface area contributed by atoms with E-state index in [-0.39, 0.29) is 17.4 Å². The molecule has 0 aliphatic carbocycles. The molecule has 22 heavy (non-hydrogen) atoms. The van der Waals surface area contributed by atoms with E-state index in [9.17, 15) is 23.6 Å². The number of non-ortho nitro benzene ring substituents is 1. The quantitative estimate of drug-likeness (QED) is 0.553. The molecule has 0 aromatic heterocycles. The lowest BCUT2D eigenvalue weighted by Gasteiger charge is -2.21. The molecule has 0 fully saturated rings. The number of rotatable bonds is 7. The Balaban J connectivity index is 3.25. The Kier molecular flexibility index (Phi) is 6.31. The average Bonchev–Trinajstić information content (AvgIpc) is 2.47. The highest BCUT2D eigenvalue weighted by Gasteiger charge is 2.26. The largest absolute Gasteiger partial charge is 0.395 e. The molecule has 10 heteroatoms. The molecule has 120 valence electrons. The first kappa shape index (κ1) is 18.4. The van der Waals surface area contributed by atoms with Crippen molar-refractivity contribution < 1.29 is 18.4 Å². The maximum absolute atomic E-state index is 12.4. The maximum Gasteiger partial charge on any atom is 0.270 e. The molecule has 2 unspecified atom stereocenters. The highest BCUT2D eigenvalue weighted by molar-refractivity contribution is 7.99. The summed E-state index contributed by atoms with van der Waals surface area (Å²) < 4.78 is 27.0. The molecule has 1 rings (SSSR count). The second-order valence-electron chi connectivity index (χ2n) is 4.42. The molecule has 0 saturated carbocycles. The summed E-state index contributed by atoms with van der Waals surface area (Å²) in [4.78, 5) is 9.59. The minimum absolute atomic E-state index is 0.185. The Bertz CT molecular complexity index is 695. The van der Waals surface area contributed by atoms with Crippen molar-refractivity contribution in [2.45, 2.75) is 23.1 Å². The molecule has 0 aliphatic heterocycles. The van der Waals surface area contributed by atoms with Crippen LogP contribution in [0.25, 0.3) is 0 Å². The molecule has 1 aromatic carbocycles. The lowest BCUT2D eigenvalue weighted by Crippen LogP contribution is -2.41. The van der Waals surface area contributed by atoms with Gasteiger partial charge in [-0.2, -0.15) is 17.0 Å². The van der Waals surface area contributed by atoms with Gasteiger partial charge in [-0.25, -0.2) is 13.1 Å². The zero-order valence-electron chi connectivity index (χ0n) is 11.9. The molecule has 2 N–H and O–H groups in total. The third-order valence-electron chi connectivity index (χ3n) is 2.97. The van der Waals surface area contributed by atoms with Crippen LogP contribution in [0.4, 0.5) is 5.69 Å². The third-order valence-corrected chi connectivity index (χ3v) is 5.73. The number of nitro groups is 1. The number of nitrogens with zero attached hydrogens (tertiary/aromatic N) is 2. The van der Waals surface area contributed by atoms with Gasteiger partial charge in [0.25, 0.3) is 5.69 Å². The van der Waals surface area contributed by atoms with Gasteiger partial charge in [0.2, 0.25) is 10.0 Å². The van der Waals surface area contributed by atoms with Crippen LogP contribution in [-0.4, -0.2) is 42.6 Å². The highest BCUT2D eigenvalue weighted by atomic mass is 32.2. The molecule has 8 nitrogen and oxygen atoms in total. The Morgan fingerprint density at radius 3 is 2.64 bits per heavy atom. The molecular weight excluding hydrogens is 330 g/mol. The van der Waals surface area contributed by atoms with E-state index in [2.05, 4.69) is 4.72 Å². The fraction of sp³-hybridized carbons (Fsp3) is 0.417. The van der Waals surface area contributed by atoms with E-state index in [1.807, 2.05) is 0 Å². The first-order valence-electron chi connectivity index (χ1n) is 6.11. The molecular formula is C12H15N3O5S2. The lowest BCUT2D eigenvalue weighted by atomic mass is 10.2. The number of nitro benzene ring substituents is 1. The summed E-state index contributed by atoms with van der Waals surface area (Å²) in [5.74, 6) is 0. The molecule has 0 bridgehead atoms. The SMILES string of the molecule is CSC(CO)C(C)NS(=O)(=O)c1cc([N+](=O)[O-])ccc1C#N. The molecule has 0 amide bonds. The number of nitriles is 1. The van der Waals surface area contributed by atoms with E-state index in [0.717, 1.165) is 18.2 Å². The van der Waals surface area contributed by atoms with Crippen molar-refractivity contribution in [1.82, 2.24) is 4.72 Å². The monoisotopic (exact) mass is 345 g/mol. The van der Waals surface area contributed by atoms with Crippen molar-refractivity contribution in [3.63, 3.8) is 0 Å². The van der Waals surface area contributed by atoms with Crippen molar-refractivity contribution in [3.05, 3.63) is 33.9 Å². The molecule has 0 spiro atoms. The number of nitrogens with one attached hydrogen (secondary N) is 1. The van der Waals surface area contributed by atoms with E-state index < -0.39 is 31.6 Å². The normalized spacial score (nSPS) is 14.1. The minimum atomic E-state index is -4.12. The number of aliphatic hydroxyl groups excluding tert-OH is 1. The zero-order valence-corrected chi connectivity index (χ0v) is 13.5. The predicted molar refractivity (Wildman–Crippen MR) is 82.0 cm³/mol. The molecule has 0 heterocycles. The number of thioether (sulfide) groups is 1. The van der Waals surface area contributed by atoms with Crippen molar-refractivity contribution in [1.29, 1.82) is 5.26 Å². The van der Waals surface area contributed by atoms with Gasteiger partial charge >= 0.3 is 0 Å². The molecule has 0 radical (unpaired) electrons. The minimum Gasteiger partial charge on any atom is -0.395 e. The van der Waals surface area contributed by atoms with Crippen LogP contribution >= 0.6 is 11.8 Å². The maximum atomic E-state index is 12.4. The fourth-order valence-electron chi connectivity index (χ4n) is 1.76. The second-order valence-corrected chi connectivity index (χ2v) is 7.18. The van der Waals surface area contributed by atoms with Crippen molar-refractivity contribution in [2.24, 2.45) is 0 Å². The standard InChI is InChI=1S/C12H15N3O5S2/c1-8(11(7-16)21-2)14-22(19,20)12-5-10(15(17)18)4-3-9(12)6-13/h3-5,8,11,14,16H,7H2,1-2H3. The number of hydrogen-bond acceptors (Lipinski definition) is 7. The highest BCUT2D eigenvalue weighted by Crippen LogP contribution is 2.23. The summed E-state index contributed by atoms with van der Waals surface area (Å²) in [6.45, 7) is 1.34. The van der Waals surface area contributed by atoms with Crippen LogP contribution in [-0.2, 0) is 10.0 Å². The summed E-state index contributed by atoms with van der Waals surface area (Å²) >= 11 is 1.28. The first-order chi connectivity index (χ1) is 10.3. The topological polar surface area (TPSA) is 133 Å². The molecule has 1 aromatic rings. The Hall–Kier alpha value is -1.67. The van der Waals surface area contributed by atoms with E-state index in [1.54, 1.807) is 19.2 Å². The van der Waals surface area contributed by atoms with Crippen LogP contribution in [0.1, 0.15) is 12.5 Å². The third kappa shape index (κ3) is 4.17. The van der Waals surface area contributed by atoms with Gasteiger partial charge in [0.1, 0.15) is 11.0 Å². The summed E-state index contributed by atoms with van der Waals surface area (Å²) in [5.41, 5.74) is -0.606. The Morgan fingerprint density at radius 1 is 1.55 bits per heavy atom. The van der Waals surface area contributed by atoms with Crippen LogP contribution in [0.5, 0.6) is 0 Å². The molecule has 2 atom stereocenters. The second kappa shape index (κ2) is 7.55. The number of hydrogen-bond donors (Lipinski definition) is 2. The van der Waals surface area contributed by atoms with Gasteiger partial charge < -0.3 is 5.11 Å². The summed E-state index contributed by atoms with van der Waals surface area (Å²) in [7, 11) is -4.12. The van der Waals surface area contributed by atoms with Crippen molar-refractivity contribution >= 4 is 27.5 Å². The first-order valence-corrected chi connectivity index (χ1v) is 8.88. The summed E-state index contributed by atoms with van der Waals surface area (Å²) in [6.07, 6.45) is 1.72. The summed E-state index contributed by atoms with van der Waals surface area (Å²) in [5, 5.41) is 28.6. The zero-order chi connectivity index (χ0) is 16.9. The van der Waals surface area contributed by atoms with Gasteiger partial charge in [-0.15, -0.1) is 0 Å². The van der Waals surface area contributed by atoms with Crippen LogP contribution < -0.4 is 4.72 Å². The number of sulfonamides is 1. The van der Waals surface area contributed by atoms with Gasteiger partial charge in [0.05, 0.1) is 17.1 Å². The predicted octanol–water partition coefficient (Wildman–Crippen LogP) is 0.857. The number of benzene rings is 1. The van der Waals surface area contributed by atoms with Crippen LogP contribution in [0.2, 0.25) is 0 Å². The Labute approximate surface area is 132 Å². The van der Waals surface area contributed by atoms with Crippen LogP contribution in [0, 0.1) is 21.4 Å². The smallest absolute Gasteiger partial charge is 0.270 e.